The van der Waals surface area contributed by atoms with Crippen LogP contribution in [-0.2, 0) is 9.53 Å². The molecule has 1 aliphatic heterocycles. The molecule has 0 saturated heterocycles. The molecule has 9 nitrogen and oxygen atoms in total. The number of thiazole rings is 1. The van der Waals surface area contributed by atoms with Gasteiger partial charge in [0.25, 0.3) is 11.2 Å². The lowest BCUT2D eigenvalue weighted by molar-refractivity contribution is -0.385. The maximum Gasteiger partial charge on any atom is 0.338 e. The average Bonchev–Trinajstić information content (AvgIpc) is 3.48. The number of esters is 1. The molecular weight excluding hydrogens is 525 g/mol. The third kappa shape index (κ3) is 4.84. The number of benzene rings is 2. The molecule has 0 fully saturated rings. The number of allylic oxidation sites excluding steroid dienone is 1. The molecule has 2 aromatic heterocycles. The minimum absolute atomic E-state index is 0.0210. The van der Waals surface area contributed by atoms with Crippen LogP contribution in [0, 0.1) is 22.9 Å². The maximum absolute atomic E-state index is 13.7. The van der Waals surface area contributed by atoms with E-state index < -0.39 is 28.3 Å². The van der Waals surface area contributed by atoms with Gasteiger partial charge >= 0.3 is 5.97 Å². The van der Waals surface area contributed by atoms with Gasteiger partial charge in [-0.25, -0.2) is 14.2 Å². The summed E-state index contributed by atoms with van der Waals surface area (Å²) in [7, 11) is 0. The Morgan fingerprint density at radius 2 is 1.95 bits per heavy atom. The summed E-state index contributed by atoms with van der Waals surface area (Å²) in [6.45, 7) is 5.15. The third-order valence-corrected chi connectivity index (χ3v) is 7.28. The smallest absolute Gasteiger partial charge is 0.338 e. The van der Waals surface area contributed by atoms with Gasteiger partial charge in [-0.1, -0.05) is 35.6 Å². The van der Waals surface area contributed by atoms with E-state index in [0.29, 0.717) is 43.2 Å². The summed E-state index contributed by atoms with van der Waals surface area (Å²) in [5, 5.41) is 11.3. The highest BCUT2D eigenvalue weighted by molar-refractivity contribution is 7.07. The van der Waals surface area contributed by atoms with Gasteiger partial charge in [0.05, 0.1) is 33.4 Å². The molecule has 2 aromatic carbocycles. The number of rotatable bonds is 6. The van der Waals surface area contributed by atoms with Crippen molar-refractivity contribution in [2.45, 2.75) is 26.8 Å². The Morgan fingerprint density at radius 3 is 2.64 bits per heavy atom. The largest absolute Gasteiger partial charge is 0.463 e. The zero-order chi connectivity index (χ0) is 27.8. The van der Waals surface area contributed by atoms with Gasteiger partial charge in [-0.05, 0) is 50.6 Å². The summed E-state index contributed by atoms with van der Waals surface area (Å²) in [5.74, 6) is -0.290. The van der Waals surface area contributed by atoms with Crippen LogP contribution in [0.1, 0.15) is 36.8 Å². The molecule has 0 amide bonds. The van der Waals surface area contributed by atoms with Crippen molar-refractivity contribution in [3.8, 4) is 11.3 Å². The Kier molecular flexibility index (Phi) is 6.83. The number of fused-ring (bicyclic) bond motifs is 1. The zero-order valence-corrected chi connectivity index (χ0v) is 22.0. The molecule has 5 rings (SSSR count). The molecule has 0 aliphatic carbocycles. The number of hydrogen-bond donors (Lipinski definition) is 0. The first-order valence-corrected chi connectivity index (χ1v) is 12.8. The molecule has 1 aliphatic rings. The number of nitro groups is 1. The van der Waals surface area contributed by atoms with Crippen molar-refractivity contribution in [2.24, 2.45) is 4.99 Å². The van der Waals surface area contributed by atoms with Gasteiger partial charge in [0, 0.05) is 23.3 Å². The number of aromatic nitrogens is 1. The molecule has 11 heteroatoms. The quantitative estimate of drug-likeness (QED) is 0.201. The fraction of sp³-hybridized carbons (Fsp3) is 0.179. The minimum Gasteiger partial charge on any atom is -0.463 e. The lowest BCUT2D eigenvalue weighted by atomic mass is 9.96. The van der Waals surface area contributed by atoms with Gasteiger partial charge < -0.3 is 9.15 Å². The zero-order valence-electron chi connectivity index (χ0n) is 21.1. The number of hydrogen-bond acceptors (Lipinski definition) is 8. The molecule has 0 bridgehead atoms. The lowest BCUT2D eigenvalue weighted by Gasteiger charge is -2.24. The first kappa shape index (κ1) is 26.0. The van der Waals surface area contributed by atoms with Crippen molar-refractivity contribution >= 4 is 29.1 Å². The molecule has 39 heavy (non-hydrogen) atoms. The fourth-order valence-corrected chi connectivity index (χ4v) is 5.45. The second-order valence-corrected chi connectivity index (χ2v) is 9.82. The van der Waals surface area contributed by atoms with Crippen LogP contribution in [0.3, 0.4) is 0 Å². The van der Waals surface area contributed by atoms with Crippen molar-refractivity contribution in [3.05, 3.63) is 118 Å². The fourth-order valence-electron chi connectivity index (χ4n) is 4.43. The van der Waals surface area contributed by atoms with E-state index in [4.69, 9.17) is 9.15 Å². The topological polar surface area (TPSA) is 117 Å². The lowest BCUT2D eigenvalue weighted by Crippen LogP contribution is -2.39. The molecule has 1 atom stereocenters. The van der Waals surface area contributed by atoms with E-state index in [0.717, 1.165) is 11.3 Å². The molecule has 1 unspecified atom stereocenters. The van der Waals surface area contributed by atoms with Crippen LogP contribution in [-0.4, -0.2) is 22.1 Å². The van der Waals surface area contributed by atoms with E-state index in [1.54, 1.807) is 51.1 Å². The Labute approximate surface area is 225 Å². The highest BCUT2D eigenvalue weighted by Gasteiger charge is 2.33. The second-order valence-electron chi connectivity index (χ2n) is 8.81. The Balaban J connectivity index is 1.61. The van der Waals surface area contributed by atoms with Crippen LogP contribution in [0.2, 0.25) is 0 Å². The van der Waals surface area contributed by atoms with Crippen molar-refractivity contribution < 1.29 is 23.3 Å². The molecule has 4 aromatic rings. The standard InChI is InChI=1S/C28H22FN3O6S/c1-4-37-27(34)24-16(3)30-28-31(25(24)17-7-9-19(29)10-8-17)26(33)23(39-28)14-20-11-12-22(38-20)18-6-5-15(2)21(13-18)32(35)36/h5-14,25H,4H2,1-3H3/b23-14+. The molecule has 198 valence electrons. The van der Waals surface area contributed by atoms with Crippen LogP contribution in [0.15, 0.2) is 80.1 Å². The van der Waals surface area contributed by atoms with Crippen LogP contribution >= 0.6 is 11.3 Å². The van der Waals surface area contributed by atoms with E-state index >= 15 is 0 Å². The number of nitro benzene ring substituents is 1. The molecule has 0 spiro atoms. The number of halogens is 1. The van der Waals surface area contributed by atoms with Crippen LogP contribution in [0.5, 0.6) is 0 Å². The van der Waals surface area contributed by atoms with Crippen LogP contribution < -0.4 is 14.9 Å². The summed E-state index contributed by atoms with van der Waals surface area (Å²) in [5.41, 5.74) is 1.76. The first-order chi connectivity index (χ1) is 18.7. The molecular formula is C28H22FN3O6S. The molecule has 3 heterocycles. The predicted molar refractivity (Wildman–Crippen MR) is 142 cm³/mol. The highest BCUT2D eigenvalue weighted by atomic mass is 32.1. The van der Waals surface area contributed by atoms with Gasteiger partial charge in [-0.3, -0.25) is 19.5 Å². The van der Waals surface area contributed by atoms with Crippen LogP contribution in [0.4, 0.5) is 10.1 Å². The van der Waals surface area contributed by atoms with Crippen molar-refractivity contribution in [2.75, 3.05) is 6.61 Å². The predicted octanol–water partition coefficient (Wildman–Crippen LogP) is 4.41. The van der Waals surface area contributed by atoms with Gasteiger partial charge in [0.2, 0.25) is 0 Å². The van der Waals surface area contributed by atoms with E-state index in [1.165, 1.54) is 34.9 Å². The van der Waals surface area contributed by atoms with Gasteiger partial charge in [0.1, 0.15) is 17.3 Å². The normalized spacial score (nSPS) is 15.2. The minimum atomic E-state index is -0.858. The van der Waals surface area contributed by atoms with E-state index in [1.807, 2.05) is 0 Å². The summed E-state index contributed by atoms with van der Waals surface area (Å²) in [6.07, 6.45) is 1.56. The number of ether oxygens (including phenoxy) is 1. The van der Waals surface area contributed by atoms with E-state index in [2.05, 4.69) is 4.99 Å². The molecule has 0 radical (unpaired) electrons. The Bertz CT molecular complexity index is 1830. The number of furan rings is 1. The monoisotopic (exact) mass is 547 g/mol. The average molecular weight is 548 g/mol. The number of carbonyl (C=O) groups excluding carboxylic acids is 1. The van der Waals surface area contributed by atoms with Gasteiger partial charge in [-0.2, -0.15) is 0 Å². The SMILES string of the molecule is CCOC(=O)C1=C(C)N=c2s/c(=C/c3ccc(-c4ccc(C)c([N+](=O)[O-])c4)o3)c(=O)n2C1c1ccc(F)cc1. The van der Waals surface area contributed by atoms with Crippen molar-refractivity contribution in [1.82, 2.24) is 4.57 Å². The highest BCUT2D eigenvalue weighted by Crippen LogP contribution is 2.31. The molecule has 0 saturated carbocycles. The summed E-state index contributed by atoms with van der Waals surface area (Å²) < 4.78 is 26.5. The van der Waals surface area contributed by atoms with E-state index in [-0.39, 0.29) is 17.9 Å². The number of nitrogens with zero attached hydrogens (tertiary/aromatic N) is 3. The summed E-state index contributed by atoms with van der Waals surface area (Å²) in [4.78, 5) is 42.3. The third-order valence-electron chi connectivity index (χ3n) is 6.29. The Morgan fingerprint density at radius 1 is 1.21 bits per heavy atom. The maximum atomic E-state index is 13.7. The van der Waals surface area contributed by atoms with Crippen molar-refractivity contribution in [1.29, 1.82) is 0 Å². The second kappa shape index (κ2) is 10.3. The van der Waals surface area contributed by atoms with Crippen LogP contribution in [0.25, 0.3) is 17.4 Å². The van der Waals surface area contributed by atoms with Gasteiger partial charge in [0.15, 0.2) is 4.80 Å². The molecule has 0 N–H and O–H groups in total. The summed E-state index contributed by atoms with van der Waals surface area (Å²) >= 11 is 1.12. The Hall–Kier alpha value is -4.64. The number of carbonyl (C=O) groups is 1. The first-order valence-electron chi connectivity index (χ1n) is 12.0. The number of aryl methyl sites for hydroxylation is 1. The summed E-state index contributed by atoms with van der Waals surface area (Å²) in [6, 6.07) is 12.9. The van der Waals surface area contributed by atoms with Crippen molar-refractivity contribution in [3.63, 3.8) is 0 Å². The van der Waals surface area contributed by atoms with Gasteiger partial charge in [-0.15, -0.1) is 0 Å². The van der Waals surface area contributed by atoms with E-state index in [9.17, 15) is 24.1 Å².